The molecule has 7 aliphatic heterocycles. The number of anilines is 2. The Morgan fingerprint density at radius 3 is 1.55 bits per heavy atom. The van der Waals surface area contributed by atoms with Crippen LogP contribution in [0.5, 0.6) is 34.5 Å². The minimum absolute atomic E-state index is 0.00719. The Kier molecular flexibility index (Phi) is 27.3. The second-order valence-corrected chi connectivity index (χ2v) is 27.8. The average molecular weight is 1610 g/mol. The molecule has 4 aromatic carbocycles. The van der Waals surface area contributed by atoms with Crippen molar-refractivity contribution >= 4 is 76.9 Å². The first-order chi connectivity index (χ1) is 55.0. The van der Waals surface area contributed by atoms with E-state index in [0.717, 1.165) is 22.0 Å². The van der Waals surface area contributed by atoms with Gasteiger partial charge in [-0.25, -0.2) is 29.0 Å². The van der Waals surface area contributed by atoms with E-state index in [9.17, 15) is 93.6 Å². The van der Waals surface area contributed by atoms with Gasteiger partial charge in [-0.1, -0.05) is 36.4 Å². The first kappa shape index (κ1) is 84.4. The number of hydrogen-bond acceptors (Lipinski definition) is 29. The molecule has 0 spiro atoms. The molecule has 2 unspecified atom stereocenters. The van der Waals surface area contributed by atoms with Gasteiger partial charge in [-0.15, -0.1) is 0 Å². The molecule has 39 nitrogen and oxygen atoms in total. The zero-order chi connectivity index (χ0) is 82.8. The van der Waals surface area contributed by atoms with Gasteiger partial charge in [0.15, 0.2) is 47.7 Å². The van der Waals surface area contributed by atoms with Gasteiger partial charge >= 0.3 is 24.1 Å². The summed E-state index contributed by atoms with van der Waals surface area (Å²) < 4.78 is 63.3. The third kappa shape index (κ3) is 18.8. The summed E-state index contributed by atoms with van der Waals surface area (Å²) in [7, 11) is 4.10. The molecule has 115 heavy (non-hydrogen) atoms. The van der Waals surface area contributed by atoms with E-state index < -0.39 is 165 Å². The van der Waals surface area contributed by atoms with E-state index in [1.807, 2.05) is 0 Å². The first-order valence-electron chi connectivity index (χ1n) is 36.6. The summed E-state index contributed by atoms with van der Waals surface area (Å²) in [6.45, 7) is 6.62. The molecule has 39 heteroatoms. The number of aliphatic hydroxyl groups is 6. The number of rotatable bonds is 32. The van der Waals surface area contributed by atoms with Crippen molar-refractivity contribution in [2.75, 3.05) is 90.2 Å². The number of carboxylic acid groups (broad SMARTS) is 2. The van der Waals surface area contributed by atoms with Gasteiger partial charge in [-0.05, 0) is 86.1 Å². The summed E-state index contributed by atoms with van der Waals surface area (Å²) in [6, 6.07) is 10.0. The Morgan fingerprint density at radius 2 is 1.06 bits per heavy atom. The molecule has 7 aliphatic rings. The summed E-state index contributed by atoms with van der Waals surface area (Å²) in [5.74, 6) is -8.06. The van der Waals surface area contributed by atoms with Crippen molar-refractivity contribution in [3.05, 3.63) is 131 Å². The fraction of sp³-hybridized carbons (Fsp3) is 0.461. The van der Waals surface area contributed by atoms with Crippen molar-refractivity contribution in [3.63, 3.8) is 0 Å². The van der Waals surface area contributed by atoms with Crippen LogP contribution in [0, 0.1) is 0 Å². The number of nitrogens with zero attached hydrogens (tertiary/aromatic N) is 5. The number of nitrogens with two attached hydrogens (primary N) is 1. The lowest BCUT2D eigenvalue weighted by atomic mass is 10.0. The lowest BCUT2D eigenvalue weighted by Gasteiger charge is -2.35. The van der Waals surface area contributed by atoms with Gasteiger partial charge in [0, 0.05) is 83.5 Å². The summed E-state index contributed by atoms with van der Waals surface area (Å²) >= 11 is 0. The van der Waals surface area contributed by atoms with E-state index in [-0.39, 0.29) is 164 Å². The van der Waals surface area contributed by atoms with Gasteiger partial charge in [0.05, 0.1) is 92.0 Å². The Hall–Kier alpha value is -11.5. The Balaban J connectivity index is 0.760. The number of aliphatic carboxylic acids is 2. The predicted molar refractivity (Wildman–Crippen MR) is 393 cm³/mol. The van der Waals surface area contributed by atoms with Gasteiger partial charge in [-0.2, -0.15) is 0 Å². The summed E-state index contributed by atoms with van der Waals surface area (Å²) in [4.78, 5) is 152. The number of benzene rings is 4. The minimum Gasteiger partial charge on any atom is -0.493 e. The number of imide groups is 1. The Labute approximate surface area is 656 Å². The molecule has 0 aromatic heterocycles. The van der Waals surface area contributed by atoms with Crippen LogP contribution >= 0.6 is 0 Å². The third-order valence-corrected chi connectivity index (χ3v) is 20.0. The SMILES string of the molecule is C=C1C[C@H]2C(O)N(C(=O)OCc3ccc(O[C@H]4C[C@@H](O)[C@H](O)[C@@H](C(=O)O)O4)c(C(=O)NCCOC)c3)c3cc(OCCCCCOc4cc5c(cc4OC)C(=O)N4CC(=C)C[C@H]4C(O)N5C(=O)OCc4ccc(O[C@@H]5O[C@H](C(=O)O)C[C@H](O)[C@H]5O)c(C(=O)NCCCNC(=O)[C@H](CN)N5C(=O)C=CC5=O)c4)c(OC)cc3C(=O)N2C1. The first-order valence-corrected chi connectivity index (χ1v) is 36.6. The molecule has 13 atom stereocenters. The highest BCUT2D eigenvalue weighted by molar-refractivity contribution is 6.15. The number of fused-ring (bicyclic) bond motifs is 4. The number of ether oxygens (including phenoxy) is 11. The number of carbonyl (C=O) groups excluding carboxylic acids is 9. The molecule has 618 valence electrons. The number of unbranched alkanes of at least 4 members (excludes halogenated alkanes) is 2. The zero-order valence-electron chi connectivity index (χ0n) is 62.7. The highest BCUT2D eigenvalue weighted by Gasteiger charge is 2.50. The highest BCUT2D eigenvalue weighted by Crippen LogP contribution is 2.45. The smallest absolute Gasteiger partial charge is 0.416 e. The van der Waals surface area contributed by atoms with Gasteiger partial charge in [0.25, 0.3) is 35.4 Å². The predicted octanol–water partition coefficient (Wildman–Crippen LogP) is 0.289. The van der Waals surface area contributed by atoms with Crippen LogP contribution in [-0.2, 0) is 60.9 Å². The van der Waals surface area contributed by atoms with Crippen LogP contribution < -0.4 is 59.9 Å². The van der Waals surface area contributed by atoms with Crippen LogP contribution in [0.1, 0.15) is 104 Å². The van der Waals surface area contributed by atoms with E-state index in [1.165, 1.54) is 91.8 Å². The number of carboxylic acids is 2. The monoisotopic (exact) mass is 1610 g/mol. The second-order valence-electron chi connectivity index (χ2n) is 27.8. The molecule has 9 amide bonds. The lowest BCUT2D eigenvalue weighted by Crippen LogP contribution is -2.53. The third-order valence-electron chi connectivity index (χ3n) is 20.0. The van der Waals surface area contributed by atoms with Crippen LogP contribution in [0.3, 0.4) is 0 Å². The lowest BCUT2D eigenvalue weighted by molar-refractivity contribution is -0.238. The van der Waals surface area contributed by atoms with Crippen molar-refractivity contribution in [2.24, 2.45) is 5.73 Å². The average Bonchev–Trinajstić information content (AvgIpc) is 1.61. The molecule has 0 radical (unpaired) electrons. The topological polar surface area (TPSA) is 529 Å². The summed E-state index contributed by atoms with van der Waals surface area (Å²) in [6.07, 6.45) is -16.6. The highest BCUT2D eigenvalue weighted by atomic mass is 16.7. The van der Waals surface area contributed by atoms with Crippen LogP contribution in [0.2, 0.25) is 0 Å². The van der Waals surface area contributed by atoms with Crippen molar-refractivity contribution < 1.29 is 146 Å². The zero-order valence-corrected chi connectivity index (χ0v) is 62.7. The van der Waals surface area contributed by atoms with E-state index in [0.29, 0.717) is 35.3 Å². The number of amides is 9. The molecule has 0 saturated carbocycles. The number of nitrogens with one attached hydrogen (secondary N) is 3. The van der Waals surface area contributed by atoms with Gasteiger partial charge in [0.2, 0.25) is 18.5 Å². The maximum Gasteiger partial charge on any atom is 0.416 e. The molecule has 0 aliphatic carbocycles. The molecule has 7 heterocycles. The molecular formula is C76H89N9O30. The normalized spacial score (nSPS) is 23.9. The van der Waals surface area contributed by atoms with Crippen LogP contribution in [0.15, 0.2) is 97.1 Å². The van der Waals surface area contributed by atoms with Crippen molar-refractivity contribution in [1.29, 1.82) is 0 Å². The molecule has 4 saturated heterocycles. The van der Waals surface area contributed by atoms with E-state index in [4.69, 9.17) is 57.8 Å². The molecule has 13 N–H and O–H groups in total. The maximum absolute atomic E-state index is 14.7. The molecule has 0 bridgehead atoms. The fourth-order valence-corrected chi connectivity index (χ4v) is 14.0. The van der Waals surface area contributed by atoms with Gasteiger partial charge in [-0.3, -0.25) is 38.5 Å². The van der Waals surface area contributed by atoms with Gasteiger partial charge < -0.3 is 124 Å². The van der Waals surface area contributed by atoms with Crippen LogP contribution in [0.25, 0.3) is 0 Å². The summed E-state index contributed by atoms with van der Waals surface area (Å²) in [5.41, 5.74) is 6.45. The number of aliphatic hydroxyl groups excluding tert-OH is 6. The Morgan fingerprint density at radius 1 is 0.565 bits per heavy atom. The van der Waals surface area contributed by atoms with E-state index in [2.05, 4.69) is 29.1 Å². The molecule has 4 fully saturated rings. The standard InChI is InChI=1S/C76H89N9O30/c1-37-22-47-70(97)84(75(103)110-35-39-10-12-52(43(24-39)66(93)80-18-21-105-3)112-61-31-51(87)62(90)64(115-61)73(101)102)45-28-56(54(106-4)26-41(45)68(95)81(47)33-37)108-19-7-6-8-20-109-57-29-46-42(27-55(57)107-5)69(96)82-34-38(2)23-48(82)71(98)85(46)76(104)111-36-40-11-13-53(113-74-63(91)50(86)30-58(114-74)72(99)100)44(25-40)65(92)78-16-9-17-79-67(94)49(32-77)83-59(88)14-15-60(83)89/h10-15,24-29,47-51,58,61-64,70-71,74,86-87,90-91,97-98H,1-2,6-9,16-23,30-36,77H2,3-5H3,(H,78,92)(H,79,94)(H,80,93)(H,99,100)(H,101,102)/t47-,48-,49-,50-,51+,58-,61+,62-,63+,64-,70?,71?,74+/m0/s1. The van der Waals surface area contributed by atoms with Crippen molar-refractivity contribution in [3.8, 4) is 34.5 Å². The largest absolute Gasteiger partial charge is 0.493 e. The molecular weight excluding hydrogens is 1520 g/mol. The van der Waals surface area contributed by atoms with E-state index >= 15 is 0 Å². The Bertz CT molecular complexity index is 4440. The van der Waals surface area contributed by atoms with Crippen LogP contribution in [0.4, 0.5) is 21.0 Å². The number of hydrogen-bond donors (Lipinski definition) is 12. The quantitative estimate of drug-likeness (QED) is 0.0178. The second kappa shape index (κ2) is 37.2. The molecule has 11 rings (SSSR count). The number of methoxy groups -OCH3 is 3. The number of carbonyl (C=O) groups is 11. The fourth-order valence-electron chi connectivity index (χ4n) is 14.0. The molecule has 4 aromatic rings. The van der Waals surface area contributed by atoms with Gasteiger partial charge in [0.1, 0.15) is 43.0 Å². The van der Waals surface area contributed by atoms with Crippen LogP contribution in [-0.4, -0.2) is 281 Å². The van der Waals surface area contributed by atoms with Crippen molar-refractivity contribution in [2.45, 2.75) is 144 Å². The van der Waals surface area contributed by atoms with Crippen molar-refractivity contribution in [1.82, 2.24) is 30.7 Å². The minimum atomic E-state index is -1.85. The van der Waals surface area contributed by atoms with E-state index in [1.54, 1.807) is 0 Å². The maximum atomic E-state index is 14.7. The summed E-state index contributed by atoms with van der Waals surface area (Å²) in [5, 5.41) is 93.6.